The van der Waals surface area contributed by atoms with Crippen molar-refractivity contribution in [2.75, 3.05) is 4.90 Å². The molecule has 0 saturated carbocycles. The first-order chi connectivity index (χ1) is 15.0. The molecule has 4 aromatic rings. The number of hydrogen-bond donors (Lipinski definition) is 0. The molecule has 0 radical (unpaired) electrons. The fraction of sp³-hybridized carbons (Fsp3) is 0.0909. The predicted molar refractivity (Wildman–Crippen MR) is 108 cm³/mol. The highest BCUT2D eigenvalue weighted by molar-refractivity contribution is 7.22. The molecule has 2 aromatic heterocycles. The van der Waals surface area contributed by atoms with Crippen LogP contribution in [0.15, 0.2) is 65.3 Å². The van der Waals surface area contributed by atoms with E-state index in [4.69, 9.17) is 4.42 Å². The lowest BCUT2D eigenvalue weighted by molar-refractivity contribution is -0.135. The Morgan fingerprint density at radius 2 is 1.87 bits per heavy atom. The Morgan fingerprint density at radius 1 is 1.06 bits per heavy atom. The molecule has 0 aliphatic carbocycles. The number of anilines is 1. The minimum atomic E-state index is -1.51. The molecule has 0 N–H and O–H groups in total. The van der Waals surface area contributed by atoms with Gasteiger partial charge in [0.15, 0.2) is 10.9 Å². The average Bonchev–Trinajstić information content (AvgIpc) is 3.47. The highest BCUT2D eigenvalue weighted by Gasteiger charge is 2.54. The van der Waals surface area contributed by atoms with Crippen LogP contribution in [0.3, 0.4) is 0 Å². The SMILES string of the molecule is O=C1C(=O)N(c2nc3ccc(F)cc3s2)C(c2ccccc2F)C1C(=O)c1ccco1. The Balaban J connectivity index is 1.70. The third-order valence-corrected chi connectivity index (χ3v) is 6.14. The van der Waals surface area contributed by atoms with Gasteiger partial charge >= 0.3 is 0 Å². The predicted octanol–water partition coefficient (Wildman–Crippen LogP) is 4.32. The quantitative estimate of drug-likeness (QED) is 0.269. The maximum Gasteiger partial charge on any atom is 0.297 e. The van der Waals surface area contributed by atoms with Gasteiger partial charge < -0.3 is 4.42 Å². The lowest BCUT2D eigenvalue weighted by Gasteiger charge is -2.25. The molecule has 2 aromatic carbocycles. The number of aromatic nitrogens is 1. The van der Waals surface area contributed by atoms with Crippen molar-refractivity contribution < 1.29 is 27.6 Å². The van der Waals surface area contributed by atoms with Crippen LogP contribution in [0.4, 0.5) is 13.9 Å². The van der Waals surface area contributed by atoms with Crippen LogP contribution in [0, 0.1) is 17.6 Å². The van der Waals surface area contributed by atoms with Gasteiger partial charge in [-0.3, -0.25) is 19.3 Å². The zero-order valence-corrected chi connectivity index (χ0v) is 16.4. The topological polar surface area (TPSA) is 80.5 Å². The van der Waals surface area contributed by atoms with Crippen molar-refractivity contribution in [3.05, 3.63) is 83.8 Å². The largest absolute Gasteiger partial charge is 0.461 e. The number of rotatable bonds is 4. The summed E-state index contributed by atoms with van der Waals surface area (Å²) in [6.45, 7) is 0. The van der Waals surface area contributed by atoms with Crippen molar-refractivity contribution in [3.63, 3.8) is 0 Å². The van der Waals surface area contributed by atoms with E-state index in [2.05, 4.69) is 4.98 Å². The Hall–Kier alpha value is -3.72. The lowest BCUT2D eigenvalue weighted by Crippen LogP contribution is -2.31. The van der Waals surface area contributed by atoms with Crippen LogP contribution in [0.2, 0.25) is 0 Å². The van der Waals surface area contributed by atoms with Gasteiger partial charge in [-0.15, -0.1) is 0 Å². The van der Waals surface area contributed by atoms with Crippen molar-refractivity contribution in [3.8, 4) is 0 Å². The summed E-state index contributed by atoms with van der Waals surface area (Å²) in [5.41, 5.74) is 0.409. The van der Waals surface area contributed by atoms with E-state index in [-0.39, 0.29) is 16.5 Å². The second-order valence-corrected chi connectivity index (χ2v) is 7.94. The average molecular weight is 438 g/mol. The number of halogens is 2. The number of carbonyl (C=O) groups excluding carboxylic acids is 3. The molecule has 3 heterocycles. The van der Waals surface area contributed by atoms with Crippen molar-refractivity contribution in [2.45, 2.75) is 6.04 Å². The highest BCUT2D eigenvalue weighted by atomic mass is 32.1. The summed E-state index contributed by atoms with van der Waals surface area (Å²) < 4.78 is 34.0. The van der Waals surface area contributed by atoms with E-state index in [1.165, 1.54) is 54.8 Å². The van der Waals surface area contributed by atoms with Gasteiger partial charge in [-0.1, -0.05) is 29.5 Å². The van der Waals surface area contributed by atoms with Crippen molar-refractivity contribution in [2.24, 2.45) is 5.92 Å². The minimum Gasteiger partial charge on any atom is -0.461 e. The molecule has 9 heteroatoms. The van der Waals surface area contributed by atoms with Crippen LogP contribution < -0.4 is 4.90 Å². The number of thiazole rings is 1. The first-order valence-corrected chi connectivity index (χ1v) is 10.0. The molecule has 0 bridgehead atoms. The monoisotopic (exact) mass is 438 g/mol. The summed E-state index contributed by atoms with van der Waals surface area (Å²) in [6.07, 6.45) is 1.27. The molecule has 1 saturated heterocycles. The number of benzene rings is 2. The van der Waals surface area contributed by atoms with Gasteiger partial charge in [0, 0.05) is 5.56 Å². The number of nitrogens with zero attached hydrogens (tertiary/aromatic N) is 2. The molecule has 0 spiro atoms. The zero-order chi connectivity index (χ0) is 21.7. The molecule has 2 unspecified atom stereocenters. The van der Waals surface area contributed by atoms with E-state index in [0.717, 1.165) is 16.2 Å². The Morgan fingerprint density at radius 3 is 2.61 bits per heavy atom. The number of ketones is 2. The van der Waals surface area contributed by atoms with Crippen LogP contribution >= 0.6 is 11.3 Å². The van der Waals surface area contributed by atoms with Gasteiger partial charge in [0.2, 0.25) is 11.6 Å². The number of Topliss-reactive ketones (excluding diaryl/α,β-unsaturated/α-hetero) is 2. The molecule has 5 rings (SSSR count). The highest BCUT2D eigenvalue weighted by Crippen LogP contribution is 2.44. The third kappa shape index (κ3) is 3.05. The van der Waals surface area contributed by atoms with Gasteiger partial charge in [-0.05, 0) is 36.4 Å². The van der Waals surface area contributed by atoms with E-state index >= 15 is 0 Å². The van der Waals surface area contributed by atoms with Crippen LogP contribution in [0.25, 0.3) is 10.2 Å². The zero-order valence-electron chi connectivity index (χ0n) is 15.6. The van der Waals surface area contributed by atoms with Crippen molar-refractivity contribution >= 4 is 44.2 Å². The molecule has 2 atom stereocenters. The summed E-state index contributed by atoms with van der Waals surface area (Å²) in [7, 11) is 0. The number of furan rings is 1. The van der Waals surface area contributed by atoms with E-state index in [0.29, 0.717) is 10.2 Å². The van der Waals surface area contributed by atoms with E-state index in [1.807, 2.05) is 0 Å². The maximum absolute atomic E-state index is 14.8. The fourth-order valence-electron chi connectivity index (χ4n) is 3.73. The number of hydrogen-bond acceptors (Lipinski definition) is 6. The van der Waals surface area contributed by atoms with E-state index in [9.17, 15) is 23.2 Å². The molecular weight excluding hydrogens is 426 g/mol. The normalized spacial score (nSPS) is 18.8. The standard InChI is InChI=1S/C22H12F2N2O4S/c23-11-7-8-14-16(10-11)31-22(25-14)26-18(12-4-1-2-5-13(12)24)17(20(28)21(26)29)19(27)15-6-3-9-30-15/h1-10,17-18H. The lowest BCUT2D eigenvalue weighted by atomic mass is 9.88. The summed E-state index contributed by atoms with van der Waals surface area (Å²) in [4.78, 5) is 44.3. The van der Waals surface area contributed by atoms with Crippen LogP contribution in [-0.4, -0.2) is 22.5 Å². The second kappa shape index (κ2) is 7.21. The summed E-state index contributed by atoms with van der Waals surface area (Å²) in [5.74, 6) is -5.49. The fourth-order valence-corrected chi connectivity index (χ4v) is 4.76. The van der Waals surface area contributed by atoms with E-state index < -0.39 is 41.1 Å². The molecule has 1 aliphatic heterocycles. The second-order valence-electron chi connectivity index (χ2n) is 6.93. The molecule has 1 aliphatic rings. The first-order valence-electron chi connectivity index (χ1n) is 9.21. The Bertz CT molecular complexity index is 1350. The van der Waals surface area contributed by atoms with Gasteiger partial charge in [-0.25, -0.2) is 13.8 Å². The molecule has 31 heavy (non-hydrogen) atoms. The van der Waals surface area contributed by atoms with Gasteiger partial charge in [0.1, 0.15) is 17.6 Å². The number of carbonyl (C=O) groups is 3. The molecule has 6 nitrogen and oxygen atoms in total. The minimum absolute atomic E-state index is 0.00274. The molecular formula is C22H12F2N2O4S. The van der Waals surface area contributed by atoms with Crippen LogP contribution in [-0.2, 0) is 9.59 Å². The Kier molecular flexibility index (Phi) is 4.48. The molecule has 1 fully saturated rings. The molecule has 154 valence electrons. The van der Waals surface area contributed by atoms with Crippen LogP contribution in [0.5, 0.6) is 0 Å². The number of amides is 1. The van der Waals surface area contributed by atoms with Crippen LogP contribution in [0.1, 0.15) is 22.2 Å². The van der Waals surface area contributed by atoms with E-state index in [1.54, 1.807) is 6.07 Å². The number of fused-ring (bicyclic) bond motifs is 1. The summed E-state index contributed by atoms with van der Waals surface area (Å²) in [6, 6.07) is 11.1. The first kappa shape index (κ1) is 19.3. The van der Waals surface area contributed by atoms with Gasteiger partial charge in [-0.2, -0.15) is 0 Å². The smallest absolute Gasteiger partial charge is 0.297 e. The maximum atomic E-state index is 14.8. The van der Waals surface area contributed by atoms with Gasteiger partial charge in [0.25, 0.3) is 5.91 Å². The van der Waals surface area contributed by atoms with Gasteiger partial charge in [0.05, 0.1) is 22.5 Å². The summed E-state index contributed by atoms with van der Waals surface area (Å²) in [5, 5.41) is 0.0712. The Labute approximate surface area is 177 Å². The van der Waals surface area contributed by atoms with Crippen molar-refractivity contribution in [1.82, 2.24) is 4.98 Å². The third-order valence-electron chi connectivity index (χ3n) is 5.12. The summed E-state index contributed by atoms with van der Waals surface area (Å²) >= 11 is 0.975. The molecule has 1 amide bonds. The van der Waals surface area contributed by atoms with Crippen molar-refractivity contribution in [1.29, 1.82) is 0 Å².